The maximum atomic E-state index is 2.53. The molecule has 2 heteroatoms. The van der Waals surface area contributed by atoms with E-state index in [0.29, 0.717) is 0 Å². The second-order valence-electron chi connectivity index (χ2n) is 14.0. The Bertz CT molecular complexity index is 3210. The number of thiophene rings is 1. The van der Waals surface area contributed by atoms with Gasteiger partial charge in [-0.1, -0.05) is 164 Å². The van der Waals surface area contributed by atoms with Gasteiger partial charge in [-0.25, -0.2) is 0 Å². The van der Waals surface area contributed by atoms with Crippen molar-refractivity contribution in [3.05, 3.63) is 200 Å². The SMILES string of the molecule is c1ccc(-c2c(-c3ccccc3)c3cc(N(c4cc5ccccc5c5ccccc45)c4cccc5sc6ccccc6c45)ccc3c3ccccc23)cc1. The van der Waals surface area contributed by atoms with Gasteiger partial charge in [0.2, 0.25) is 0 Å². The third-order valence-electron chi connectivity index (χ3n) is 11.0. The Kier molecular flexibility index (Phi) is 7.11. The molecule has 0 saturated carbocycles. The Labute approximate surface area is 317 Å². The molecule has 11 rings (SSSR count). The zero-order valence-electron chi connectivity index (χ0n) is 29.4. The monoisotopic (exact) mass is 703 g/mol. The topological polar surface area (TPSA) is 3.24 Å². The molecule has 0 atom stereocenters. The van der Waals surface area contributed by atoms with E-state index in [4.69, 9.17) is 0 Å². The summed E-state index contributed by atoms with van der Waals surface area (Å²) in [5.41, 5.74) is 8.39. The summed E-state index contributed by atoms with van der Waals surface area (Å²) in [5.74, 6) is 0. The van der Waals surface area contributed by atoms with Crippen LogP contribution in [0.2, 0.25) is 0 Å². The first kappa shape index (κ1) is 30.8. The van der Waals surface area contributed by atoms with Gasteiger partial charge in [0, 0.05) is 31.2 Å². The molecule has 0 aliphatic heterocycles. The molecule has 0 aliphatic carbocycles. The van der Waals surface area contributed by atoms with Crippen molar-refractivity contribution in [3.8, 4) is 22.3 Å². The van der Waals surface area contributed by atoms with Crippen LogP contribution in [0.15, 0.2) is 200 Å². The molecule has 1 heterocycles. The van der Waals surface area contributed by atoms with E-state index in [2.05, 4.69) is 205 Å². The minimum Gasteiger partial charge on any atom is -0.309 e. The summed E-state index contributed by atoms with van der Waals surface area (Å²) >= 11 is 1.87. The van der Waals surface area contributed by atoms with E-state index in [1.807, 2.05) is 11.3 Å². The largest absolute Gasteiger partial charge is 0.309 e. The van der Waals surface area contributed by atoms with Crippen LogP contribution < -0.4 is 4.90 Å². The molecule has 0 bridgehead atoms. The third kappa shape index (κ3) is 4.78. The van der Waals surface area contributed by atoms with Gasteiger partial charge < -0.3 is 4.90 Å². The van der Waals surface area contributed by atoms with Crippen LogP contribution >= 0.6 is 11.3 Å². The van der Waals surface area contributed by atoms with Gasteiger partial charge in [-0.2, -0.15) is 0 Å². The summed E-state index contributed by atoms with van der Waals surface area (Å²) in [6, 6.07) is 73.6. The summed E-state index contributed by atoms with van der Waals surface area (Å²) in [7, 11) is 0. The maximum absolute atomic E-state index is 2.53. The molecule has 0 aliphatic rings. The highest BCUT2D eigenvalue weighted by atomic mass is 32.1. The van der Waals surface area contributed by atoms with Crippen molar-refractivity contribution < 1.29 is 0 Å². The predicted molar refractivity (Wildman–Crippen MR) is 235 cm³/mol. The lowest BCUT2D eigenvalue weighted by molar-refractivity contribution is 1.33. The molecule has 1 nitrogen and oxygen atoms in total. The van der Waals surface area contributed by atoms with Gasteiger partial charge in [0.15, 0.2) is 0 Å². The number of benzene rings is 10. The molecule has 252 valence electrons. The fourth-order valence-electron chi connectivity index (χ4n) is 8.70. The van der Waals surface area contributed by atoms with E-state index in [9.17, 15) is 0 Å². The highest BCUT2D eigenvalue weighted by Gasteiger charge is 2.24. The first-order valence-electron chi connectivity index (χ1n) is 18.5. The van der Waals surface area contributed by atoms with Crippen molar-refractivity contribution in [3.63, 3.8) is 0 Å². The lowest BCUT2D eigenvalue weighted by Gasteiger charge is -2.29. The quantitative estimate of drug-likeness (QED) is 0.161. The van der Waals surface area contributed by atoms with E-state index >= 15 is 0 Å². The number of hydrogen-bond donors (Lipinski definition) is 0. The smallest absolute Gasteiger partial charge is 0.0555 e. The van der Waals surface area contributed by atoms with Gasteiger partial charge in [0.05, 0.1) is 11.4 Å². The van der Waals surface area contributed by atoms with Crippen LogP contribution in [0, 0.1) is 0 Å². The van der Waals surface area contributed by atoms with E-state index in [-0.39, 0.29) is 0 Å². The number of nitrogens with zero attached hydrogens (tertiary/aromatic N) is 1. The fraction of sp³-hybridized carbons (Fsp3) is 0. The molecule has 0 amide bonds. The van der Waals surface area contributed by atoms with E-state index in [1.165, 1.54) is 91.2 Å². The molecule has 10 aromatic carbocycles. The first-order chi connectivity index (χ1) is 26.8. The predicted octanol–water partition coefficient (Wildman–Crippen LogP) is 15.5. The van der Waals surface area contributed by atoms with Gasteiger partial charge in [-0.05, 0) is 96.4 Å². The average Bonchev–Trinajstić information content (AvgIpc) is 3.63. The summed E-state index contributed by atoms with van der Waals surface area (Å²) in [5, 5.41) is 12.5. The van der Waals surface area contributed by atoms with E-state index in [0.717, 1.165) is 11.4 Å². The minimum atomic E-state index is 1.12. The number of fused-ring (bicyclic) bond motifs is 9. The van der Waals surface area contributed by atoms with Crippen molar-refractivity contribution in [2.75, 3.05) is 4.90 Å². The summed E-state index contributed by atoms with van der Waals surface area (Å²) in [6.45, 7) is 0. The average molecular weight is 704 g/mol. The van der Waals surface area contributed by atoms with E-state index in [1.54, 1.807) is 0 Å². The summed E-state index contributed by atoms with van der Waals surface area (Å²) in [6.07, 6.45) is 0. The lowest BCUT2D eigenvalue weighted by atomic mass is 9.85. The van der Waals surface area contributed by atoms with Crippen molar-refractivity contribution >= 4 is 91.7 Å². The Morgan fingerprint density at radius 1 is 0.315 bits per heavy atom. The third-order valence-corrected chi connectivity index (χ3v) is 12.1. The van der Waals surface area contributed by atoms with Gasteiger partial charge in [-0.15, -0.1) is 11.3 Å². The lowest BCUT2D eigenvalue weighted by Crippen LogP contribution is -2.11. The fourth-order valence-corrected chi connectivity index (χ4v) is 9.82. The van der Waals surface area contributed by atoms with Crippen LogP contribution in [0.5, 0.6) is 0 Å². The summed E-state index contributed by atoms with van der Waals surface area (Å²) < 4.78 is 2.58. The van der Waals surface area contributed by atoms with Gasteiger partial charge in [-0.3, -0.25) is 0 Å². The maximum Gasteiger partial charge on any atom is 0.0555 e. The molecule has 0 saturated heterocycles. The van der Waals surface area contributed by atoms with Crippen LogP contribution in [0.4, 0.5) is 17.1 Å². The Hall–Kier alpha value is -6.74. The molecular formula is C52H33NS. The van der Waals surface area contributed by atoms with Crippen LogP contribution in [0.3, 0.4) is 0 Å². The normalized spacial score (nSPS) is 11.7. The first-order valence-corrected chi connectivity index (χ1v) is 19.3. The van der Waals surface area contributed by atoms with Crippen LogP contribution in [-0.4, -0.2) is 0 Å². The van der Waals surface area contributed by atoms with Gasteiger partial charge in [0.25, 0.3) is 0 Å². The Morgan fingerprint density at radius 2 is 0.852 bits per heavy atom. The zero-order valence-corrected chi connectivity index (χ0v) is 30.2. The molecule has 1 aromatic heterocycles. The highest BCUT2D eigenvalue weighted by molar-refractivity contribution is 7.26. The van der Waals surface area contributed by atoms with Crippen molar-refractivity contribution in [1.82, 2.24) is 0 Å². The molecule has 0 spiro atoms. The van der Waals surface area contributed by atoms with Crippen LogP contribution in [-0.2, 0) is 0 Å². The molecule has 0 fully saturated rings. The molecule has 0 N–H and O–H groups in total. The highest BCUT2D eigenvalue weighted by Crippen LogP contribution is 2.50. The number of hydrogen-bond acceptors (Lipinski definition) is 2. The number of rotatable bonds is 5. The zero-order chi connectivity index (χ0) is 35.6. The van der Waals surface area contributed by atoms with Crippen LogP contribution in [0.1, 0.15) is 0 Å². The molecule has 54 heavy (non-hydrogen) atoms. The summed E-state index contributed by atoms with van der Waals surface area (Å²) in [4.78, 5) is 2.53. The second kappa shape index (κ2) is 12.4. The Morgan fingerprint density at radius 3 is 1.59 bits per heavy atom. The Balaban J connectivity index is 1.31. The van der Waals surface area contributed by atoms with E-state index < -0.39 is 0 Å². The standard InChI is InChI=1S/C52H33NS/c1-3-16-34(17-4-1)50-43-25-12-10-23-40(43)41-31-30-37(33-45(41)51(50)35-18-5-2-6-19-35)53(46-27-15-29-49-52(46)44-26-13-14-28-48(44)54-49)47-32-36-20-7-8-21-38(36)39-22-9-11-24-42(39)47/h1-33H. The van der Waals surface area contributed by atoms with Crippen LogP contribution in [0.25, 0.3) is 85.5 Å². The molecule has 11 aromatic rings. The van der Waals surface area contributed by atoms with Crippen molar-refractivity contribution in [2.24, 2.45) is 0 Å². The molecule has 0 radical (unpaired) electrons. The van der Waals surface area contributed by atoms with Crippen molar-refractivity contribution in [1.29, 1.82) is 0 Å². The molecule has 0 unspecified atom stereocenters. The van der Waals surface area contributed by atoms with Gasteiger partial charge >= 0.3 is 0 Å². The molecular weight excluding hydrogens is 671 g/mol. The second-order valence-corrected chi connectivity index (χ2v) is 15.1. The van der Waals surface area contributed by atoms with Gasteiger partial charge in [0.1, 0.15) is 0 Å². The van der Waals surface area contributed by atoms with Crippen molar-refractivity contribution in [2.45, 2.75) is 0 Å². The minimum absolute atomic E-state index is 1.12. The number of anilines is 3.